The first-order chi connectivity index (χ1) is 8.75. The van der Waals surface area contributed by atoms with Crippen molar-refractivity contribution in [3.05, 3.63) is 71.5 Å². The van der Waals surface area contributed by atoms with Crippen molar-refractivity contribution >= 4 is 5.52 Å². The van der Waals surface area contributed by atoms with Crippen molar-refractivity contribution in [2.75, 3.05) is 0 Å². The molecule has 0 spiro atoms. The van der Waals surface area contributed by atoms with Crippen molar-refractivity contribution < 1.29 is 5.11 Å². The smallest absolute Gasteiger partial charge is 0.108 e. The summed E-state index contributed by atoms with van der Waals surface area (Å²) >= 11 is 0. The van der Waals surface area contributed by atoms with Crippen LogP contribution in [0.15, 0.2) is 54.9 Å². The summed E-state index contributed by atoms with van der Waals surface area (Å²) in [5.74, 6) is 0. The molecule has 1 unspecified atom stereocenters. The number of nitrogens with zero attached hydrogens (tertiary/aromatic N) is 2. The predicted molar refractivity (Wildman–Crippen MR) is 70.4 cm³/mol. The highest BCUT2D eigenvalue weighted by atomic mass is 16.3. The Bertz CT molecular complexity index is 688. The number of aryl methyl sites for hydroxylation is 1. The van der Waals surface area contributed by atoms with Crippen molar-refractivity contribution in [1.29, 1.82) is 0 Å². The summed E-state index contributed by atoms with van der Waals surface area (Å²) in [6.07, 6.45) is 2.97. The standard InChI is InChI=1S/C15H14N2O/c1-11-5-4-6-12(9-11)15(18)13-10-16-17-8-3-2-7-14(13)17/h2-10,15,18H,1H3. The molecule has 3 heteroatoms. The molecule has 0 aliphatic carbocycles. The number of aliphatic hydroxyl groups is 1. The molecule has 3 aromatic rings. The lowest BCUT2D eigenvalue weighted by Crippen LogP contribution is -1.99. The molecule has 1 atom stereocenters. The van der Waals surface area contributed by atoms with Gasteiger partial charge in [-0.3, -0.25) is 0 Å². The van der Waals surface area contributed by atoms with E-state index >= 15 is 0 Å². The largest absolute Gasteiger partial charge is 0.384 e. The maximum atomic E-state index is 10.4. The van der Waals surface area contributed by atoms with E-state index in [4.69, 9.17) is 0 Å². The minimum Gasteiger partial charge on any atom is -0.384 e. The molecule has 1 N–H and O–H groups in total. The van der Waals surface area contributed by atoms with Crippen LogP contribution in [0.2, 0.25) is 0 Å². The molecule has 0 saturated heterocycles. The second kappa shape index (κ2) is 4.27. The molecule has 3 rings (SSSR count). The van der Waals surface area contributed by atoms with Gasteiger partial charge in [0, 0.05) is 11.8 Å². The van der Waals surface area contributed by atoms with E-state index in [1.54, 1.807) is 10.7 Å². The topological polar surface area (TPSA) is 37.5 Å². The van der Waals surface area contributed by atoms with Gasteiger partial charge >= 0.3 is 0 Å². The fraction of sp³-hybridized carbons (Fsp3) is 0.133. The Labute approximate surface area is 105 Å². The lowest BCUT2D eigenvalue weighted by molar-refractivity contribution is 0.221. The van der Waals surface area contributed by atoms with Gasteiger partial charge in [0.1, 0.15) is 6.10 Å². The Hall–Kier alpha value is -2.13. The zero-order valence-electron chi connectivity index (χ0n) is 10.1. The van der Waals surface area contributed by atoms with Gasteiger partial charge in [0.15, 0.2) is 0 Å². The zero-order chi connectivity index (χ0) is 12.5. The van der Waals surface area contributed by atoms with Gasteiger partial charge in [-0.05, 0) is 24.6 Å². The van der Waals surface area contributed by atoms with Gasteiger partial charge in [-0.1, -0.05) is 35.9 Å². The average Bonchev–Trinajstić information content (AvgIpc) is 2.82. The highest BCUT2D eigenvalue weighted by Gasteiger charge is 2.15. The van der Waals surface area contributed by atoms with Gasteiger partial charge in [0.05, 0.1) is 11.7 Å². The number of pyridine rings is 1. The molecule has 3 nitrogen and oxygen atoms in total. The first-order valence-corrected chi connectivity index (χ1v) is 5.92. The van der Waals surface area contributed by atoms with Gasteiger partial charge < -0.3 is 5.11 Å². The van der Waals surface area contributed by atoms with E-state index in [0.29, 0.717) is 0 Å². The summed E-state index contributed by atoms with van der Waals surface area (Å²) in [4.78, 5) is 0. The van der Waals surface area contributed by atoms with E-state index in [1.807, 2.05) is 55.6 Å². The number of benzene rings is 1. The van der Waals surface area contributed by atoms with E-state index < -0.39 is 6.10 Å². The molecular formula is C15H14N2O. The molecule has 0 aliphatic heterocycles. The fourth-order valence-corrected chi connectivity index (χ4v) is 2.18. The number of aliphatic hydroxyl groups excluding tert-OH is 1. The number of hydrogen-bond acceptors (Lipinski definition) is 2. The van der Waals surface area contributed by atoms with Gasteiger partial charge in [-0.15, -0.1) is 0 Å². The van der Waals surface area contributed by atoms with Gasteiger partial charge in [0.2, 0.25) is 0 Å². The van der Waals surface area contributed by atoms with E-state index in [1.165, 1.54) is 0 Å². The second-order valence-electron chi connectivity index (χ2n) is 4.45. The summed E-state index contributed by atoms with van der Waals surface area (Å²) in [6.45, 7) is 2.02. The van der Waals surface area contributed by atoms with Gasteiger partial charge in [-0.2, -0.15) is 5.10 Å². The van der Waals surface area contributed by atoms with Crippen LogP contribution in [0, 0.1) is 6.92 Å². The lowest BCUT2D eigenvalue weighted by Gasteiger charge is -2.10. The molecule has 2 aromatic heterocycles. The third-order valence-electron chi connectivity index (χ3n) is 3.11. The first-order valence-electron chi connectivity index (χ1n) is 5.92. The quantitative estimate of drug-likeness (QED) is 0.745. The molecule has 0 saturated carbocycles. The molecule has 0 bridgehead atoms. The van der Waals surface area contributed by atoms with Gasteiger partial charge in [0.25, 0.3) is 0 Å². The molecule has 0 amide bonds. The van der Waals surface area contributed by atoms with E-state index in [-0.39, 0.29) is 0 Å². The average molecular weight is 238 g/mol. The Morgan fingerprint density at radius 1 is 1.17 bits per heavy atom. The van der Waals surface area contributed by atoms with Crippen LogP contribution < -0.4 is 0 Å². The molecule has 1 aromatic carbocycles. The Morgan fingerprint density at radius 2 is 2.06 bits per heavy atom. The monoisotopic (exact) mass is 238 g/mol. The number of aromatic nitrogens is 2. The third-order valence-corrected chi connectivity index (χ3v) is 3.11. The van der Waals surface area contributed by atoms with Crippen LogP contribution in [0.1, 0.15) is 22.8 Å². The molecule has 18 heavy (non-hydrogen) atoms. The van der Waals surface area contributed by atoms with Crippen molar-refractivity contribution in [2.45, 2.75) is 13.0 Å². The molecule has 0 fully saturated rings. The first kappa shape index (κ1) is 11.0. The van der Waals surface area contributed by atoms with Crippen LogP contribution in [0.3, 0.4) is 0 Å². The lowest BCUT2D eigenvalue weighted by atomic mass is 10.0. The summed E-state index contributed by atoms with van der Waals surface area (Å²) in [5.41, 5.74) is 3.81. The van der Waals surface area contributed by atoms with Crippen LogP contribution in [0.5, 0.6) is 0 Å². The fourth-order valence-electron chi connectivity index (χ4n) is 2.18. The molecule has 90 valence electrons. The van der Waals surface area contributed by atoms with E-state index in [0.717, 1.165) is 22.2 Å². The summed E-state index contributed by atoms with van der Waals surface area (Å²) in [7, 11) is 0. The van der Waals surface area contributed by atoms with Crippen molar-refractivity contribution in [2.24, 2.45) is 0 Å². The van der Waals surface area contributed by atoms with Crippen LogP contribution in [0.25, 0.3) is 5.52 Å². The minimum absolute atomic E-state index is 0.634. The normalized spacial score (nSPS) is 12.8. The van der Waals surface area contributed by atoms with E-state index in [9.17, 15) is 5.11 Å². The van der Waals surface area contributed by atoms with Crippen LogP contribution in [-0.2, 0) is 0 Å². The second-order valence-corrected chi connectivity index (χ2v) is 4.45. The SMILES string of the molecule is Cc1cccc(C(O)c2cnn3ccccc23)c1. The highest BCUT2D eigenvalue weighted by molar-refractivity contribution is 5.56. The van der Waals surface area contributed by atoms with Crippen LogP contribution >= 0.6 is 0 Å². The van der Waals surface area contributed by atoms with Crippen LogP contribution in [-0.4, -0.2) is 14.7 Å². The summed E-state index contributed by atoms with van der Waals surface area (Å²) in [6, 6.07) is 13.7. The molecule has 0 aliphatic rings. The van der Waals surface area contributed by atoms with Crippen LogP contribution in [0.4, 0.5) is 0 Å². The predicted octanol–water partition coefficient (Wildman–Crippen LogP) is 2.72. The maximum absolute atomic E-state index is 10.4. The zero-order valence-corrected chi connectivity index (χ0v) is 10.1. The van der Waals surface area contributed by atoms with E-state index in [2.05, 4.69) is 5.10 Å². The molecule has 0 radical (unpaired) electrons. The Balaban J connectivity index is 2.09. The molecular weight excluding hydrogens is 224 g/mol. The highest BCUT2D eigenvalue weighted by Crippen LogP contribution is 2.25. The number of fused-ring (bicyclic) bond motifs is 1. The Kier molecular flexibility index (Phi) is 2.61. The van der Waals surface area contributed by atoms with Gasteiger partial charge in [-0.25, -0.2) is 4.52 Å². The van der Waals surface area contributed by atoms with Crippen molar-refractivity contribution in [1.82, 2.24) is 9.61 Å². The minimum atomic E-state index is -0.634. The van der Waals surface area contributed by atoms with Crippen molar-refractivity contribution in [3.63, 3.8) is 0 Å². The summed E-state index contributed by atoms with van der Waals surface area (Å²) < 4.78 is 1.77. The Morgan fingerprint density at radius 3 is 2.89 bits per heavy atom. The number of hydrogen-bond donors (Lipinski definition) is 1. The number of rotatable bonds is 2. The van der Waals surface area contributed by atoms with Crippen molar-refractivity contribution in [3.8, 4) is 0 Å². The summed E-state index contributed by atoms with van der Waals surface area (Å²) in [5, 5.41) is 14.7. The third kappa shape index (κ3) is 1.79. The maximum Gasteiger partial charge on any atom is 0.108 e. The molecule has 2 heterocycles.